The standard InChI is InChI=1S/C9H17Cl/c1-8-4-2-3-5-9(10)7-6-8/h8-9H,2-7H2,1H3. The molecule has 2 unspecified atom stereocenters. The molecule has 0 aromatic carbocycles. The third-order valence-corrected chi connectivity index (χ3v) is 2.87. The number of alkyl halides is 1. The summed E-state index contributed by atoms with van der Waals surface area (Å²) >= 11 is 6.06. The molecule has 0 amide bonds. The number of hydrogen-bond donors (Lipinski definition) is 0. The summed E-state index contributed by atoms with van der Waals surface area (Å²) in [6, 6.07) is 0. The molecule has 1 aliphatic carbocycles. The van der Waals surface area contributed by atoms with Crippen molar-refractivity contribution in [1.82, 2.24) is 0 Å². The highest BCUT2D eigenvalue weighted by molar-refractivity contribution is 6.20. The second-order valence-corrected chi connectivity index (χ2v) is 4.18. The van der Waals surface area contributed by atoms with Crippen LogP contribution in [0.4, 0.5) is 0 Å². The normalized spacial score (nSPS) is 36.6. The van der Waals surface area contributed by atoms with Crippen LogP contribution in [0.5, 0.6) is 0 Å². The highest BCUT2D eigenvalue weighted by atomic mass is 35.5. The first-order valence-corrected chi connectivity index (χ1v) is 4.86. The van der Waals surface area contributed by atoms with Gasteiger partial charge in [-0.2, -0.15) is 0 Å². The van der Waals surface area contributed by atoms with Gasteiger partial charge in [0.25, 0.3) is 0 Å². The summed E-state index contributed by atoms with van der Waals surface area (Å²) in [6.07, 6.45) is 7.98. The van der Waals surface area contributed by atoms with Gasteiger partial charge in [0.2, 0.25) is 0 Å². The van der Waals surface area contributed by atoms with Crippen LogP contribution in [-0.2, 0) is 0 Å². The largest absolute Gasteiger partial charge is 0.123 e. The van der Waals surface area contributed by atoms with Gasteiger partial charge in [-0.1, -0.05) is 26.2 Å². The predicted octanol–water partition coefficient (Wildman–Crippen LogP) is 3.58. The molecule has 1 saturated carbocycles. The molecular formula is C9H17Cl. The van der Waals surface area contributed by atoms with Gasteiger partial charge in [-0.3, -0.25) is 0 Å². The quantitative estimate of drug-likeness (QED) is 0.476. The number of hydrogen-bond acceptors (Lipinski definition) is 0. The third-order valence-electron chi connectivity index (χ3n) is 2.44. The van der Waals surface area contributed by atoms with E-state index in [1.165, 1.54) is 38.5 Å². The Bertz CT molecular complexity index is 78.7. The monoisotopic (exact) mass is 160 g/mol. The Labute approximate surface area is 69.0 Å². The lowest BCUT2D eigenvalue weighted by Gasteiger charge is -2.17. The molecule has 60 valence electrons. The molecule has 0 aromatic heterocycles. The zero-order chi connectivity index (χ0) is 7.40. The molecular weight excluding hydrogens is 144 g/mol. The van der Waals surface area contributed by atoms with Crippen molar-refractivity contribution in [2.45, 2.75) is 50.8 Å². The van der Waals surface area contributed by atoms with Crippen LogP contribution in [0.3, 0.4) is 0 Å². The first-order chi connectivity index (χ1) is 4.79. The average Bonchev–Trinajstić information content (AvgIpc) is 1.90. The van der Waals surface area contributed by atoms with E-state index in [-0.39, 0.29) is 0 Å². The fourth-order valence-electron chi connectivity index (χ4n) is 1.61. The van der Waals surface area contributed by atoms with Gasteiger partial charge in [-0.25, -0.2) is 0 Å². The van der Waals surface area contributed by atoms with Crippen LogP contribution < -0.4 is 0 Å². The lowest BCUT2D eigenvalue weighted by atomic mass is 9.92. The average molecular weight is 161 g/mol. The molecule has 0 radical (unpaired) electrons. The lowest BCUT2D eigenvalue weighted by Crippen LogP contribution is -2.06. The van der Waals surface area contributed by atoms with Crippen molar-refractivity contribution in [2.75, 3.05) is 0 Å². The van der Waals surface area contributed by atoms with Gasteiger partial charge in [0.05, 0.1) is 0 Å². The van der Waals surface area contributed by atoms with Crippen LogP contribution in [-0.4, -0.2) is 5.38 Å². The van der Waals surface area contributed by atoms with Gasteiger partial charge in [-0.15, -0.1) is 11.6 Å². The van der Waals surface area contributed by atoms with Crippen LogP contribution >= 0.6 is 11.6 Å². The van der Waals surface area contributed by atoms with Crippen LogP contribution in [0.1, 0.15) is 45.4 Å². The first kappa shape index (κ1) is 8.39. The maximum atomic E-state index is 6.06. The van der Waals surface area contributed by atoms with Crippen molar-refractivity contribution in [3.05, 3.63) is 0 Å². The van der Waals surface area contributed by atoms with E-state index in [0.717, 1.165) is 5.92 Å². The summed E-state index contributed by atoms with van der Waals surface area (Å²) in [5.74, 6) is 0.918. The van der Waals surface area contributed by atoms with Crippen LogP contribution in [0, 0.1) is 5.92 Å². The highest BCUT2D eigenvalue weighted by Gasteiger charge is 2.11. The summed E-state index contributed by atoms with van der Waals surface area (Å²) < 4.78 is 0. The van der Waals surface area contributed by atoms with Crippen LogP contribution in [0.2, 0.25) is 0 Å². The van der Waals surface area contributed by atoms with Gasteiger partial charge in [0, 0.05) is 5.38 Å². The third kappa shape index (κ3) is 2.92. The Balaban J connectivity index is 2.23. The molecule has 1 fully saturated rings. The minimum absolute atomic E-state index is 0.475. The Hall–Kier alpha value is 0.290. The van der Waals surface area contributed by atoms with Crippen LogP contribution in [0.25, 0.3) is 0 Å². The van der Waals surface area contributed by atoms with Crippen molar-refractivity contribution in [1.29, 1.82) is 0 Å². The second-order valence-electron chi connectivity index (χ2n) is 3.56. The molecule has 0 saturated heterocycles. The van der Waals surface area contributed by atoms with Gasteiger partial charge in [-0.05, 0) is 25.2 Å². The van der Waals surface area contributed by atoms with Gasteiger partial charge in [0.1, 0.15) is 0 Å². The molecule has 0 bridgehead atoms. The van der Waals surface area contributed by atoms with E-state index < -0.39 is 0 Å². The molecule has 0 aromatic rings. The molecule has 0 heterocycles. The summed E-state index contributed by atoms with van der Waals surface area (Å²) in [4.78, 5) is 0. The lowest BCUT2D eigenvalue weighted by molar-refractivity contribution is 0.407. The summed E-state index contributed by atoms with van der Waals surface area (Å²) in [7, 11) is 0. The summed E-state index contributed by atoms with van der Waals surface area (Å²) in [5.41, 5.74) is 0. The summed E-state index contributed by atoms with van der Waals surface area (Å²) in [5, 5.41) is 0.475. The van der Waals surface area contributed by atoms with E-state index in [2.05, 4.69) is 6.92 Å². The minimum Gasteiger partial charge on any atom is -0.123 e. The van der Waals surface area contributed by atoms with Crippen molar-refractivity contribution in [3.8, 4) is 0 Å². The van der Waals surface area contributed by atoms with Gasteiger partial charge >= 0.3 is 0 Å². The zero-order valence-electron chi connectivity index (χ0n) is 6.78. The van der Waals surface area contributed by atoms with Crippen molar-refractivity contribution >= 4 is 11.6 Å². The second kappa shape index (κ2) is 4.23. The van der Waals surface area contributed by atoms with Gasteiger partial charge < -0.3 is 0 Å². The van der Waals surface area contributed by atoms with Crippen LogP contribution in [0.15, 0.2) is 0 Å². The fraction of sp³-hybridized carbons (Fsp3) is 1.00. The maximum Gasteiger partial charge on any atom is 0.0336 e. The Kier molecular flexibility index (Phi) is 3.55. The van der Waals surface area contributed by atoms with E-state index in [9.17, 15) is 0 Å². The minimum atomic E-state index is 0.475. The smallest absolute Gasteiger partial charge is 0.0336 e. The molecule has 0 aliphatic heterocycles. The van der Waals surface area contributed by atoms with E-state index in [1.54, 1.807) is 0 Å². The fourth-order valence-corrected chi connectivity index (χ4v) is 1.89. The zero-order valence-corrected chi connectivity index (χ0v) is 7.53. The predicted molar refractivity (Wildman–Crippen MR) is 46.5 cm³/mol. The SMILES string of the molecule is CC1CCCCC(Cl)CC1. The van der Waals surface area contributed by atoms with Crippen molar-refractivity contribution in [3.63, 3.8) is 0 Å². The van der Waals surface area contributed by atoms with E-state index in [1.807, 2.05) is 0 Å². The Morgan fingerprint density at radius 2 is 1.70 bits per heavy atom. The Morgan fingerprint density at radius 1 is 1.00 bits per heavy atom. The molecule has 0 spiro atoms. The van der Waals surface area contributed by atoms with Crippen molar-refractivity contribution in [2.24, 2.45) is 5.92 Å². The molecule has 2 atom stereocenters. The maximum absolute atomic E-state index is 6.06. The molecule has 0 nitrogen and oxygen atoms in total. The molecule has 1 aliphatic rings. The number of halogens is 1. The van der Waals surface area contributed by atoms with Gasteiger partial charge in [0.15, 0.2) is 0 Å². The van der Waals surface area contributed by atoms with E-state index >= 15 is 0 Å². The highest BCUT2D eigenvalue weighted by Crippen LogP contribution is 2.24. The van der Waals surface area contributed by atoms with E-state index in [4.69, 9.17) is 11.6 Å². The molecule has 0 N–H and O–H groups in total. The topological polar surface area (TPSA) is 0 Å². The summed E-state index contributed by atoms with van der Waals surface area (Å²) in [6.45, 7) is 2.34. The first-order valence-electron chi connectivity index (χ1n) is 4.43. The Morgan fingerprint density at radius 3 is 2.50 bits per heavy atom. The molecule has 10 heavy (non-hydrogen) atoms. The number of rotatable bonds is 0. The molecule has 1 heteroatoms. The van der Waals surface area contributed by atoms with Crippen molar-refractivity contribution < 1.29 is 0 Å². The van der Waals surface area contributed by atoms with E-state index in [0.29, 0.717) is 5.38 Å². The molecule has 1 rings (SSSR count).